The van der Waals surface area contributed by atoms with Crippen LogP contribution in [0.2, 0.25) is 0 Å². The second-order valence-corrected chi connectivity index (χ2v) is 8.98. The van der Waals surface area contributed by atoms with Crippen molar-refractivity contribution < 1.29 is 21.0 Å². The molecule has 2 unspecified atom stereocenters. The van der Waals surface area contributed by atoms with Gasteiger partial charge in [0.15, 0.2) is 9.84 Å². The molecule has 0 aliphatic rings. The average molecular weight is 320 g/mol. The van der Waals surface area contributed by atoms with Crippen LogP contribution in [0.15, 0.2) is 29.2 Å². The van der Waals surface area contributed by atoms with Gasteiger partial charge in [-0.3, -0.25) is 4.18 Å². The largest absolute Gasteiger partial charge is 0.267 e. The molecule has 7 heteroatoms. The third-order valence-electron chi connectivity index (χ3n) is 2.88. The van der Waals surface area contributed by atoms with Gasteiger partial charge in [0.2, 0.25) is 0 Å². The highest BCUT2D eigenvalue weighted by atomic mass is 32.2. The Morgan fingerprint density at radius 1 is 1.05 bits per heavy atom. The van der Waals surface area contributed by atoms with Crippen molar-refractivity contribution in [2.45, 2.75) is 43.4 Å². The van der Waals surface area contributed by atoms with Crippen molar-refractivity contribution in [2.75, 3.05) is 6.26 Å². The van der Waals surface area contributed by atoms with E-state index in [2.05, 4.69) is 0 Å². The zero-order chi connectivity index (χ0) is 15.6. The number of aryl methyl sites for hydroxylation is 1. The van der Waals surface area contributed by atoms with Gasteiger partial charge in [0.25, 0.3) is 10.1 Å². The van der Waals surface area contributed by atoms with Gasteiger partial charge in [-0.25, -0.2) is 8.42 Å². The van der Waals surface area contributed by atoms with Crippen LogP contribution in [0.5, 0.6) is 0 Å². The molecule has 0 aromatic heterocycles. The van der Waals surface area contributed by atoms with E-state index < -0.39 is 31.3 Å². The van der Waals surface area contributed by atoms with Crippen molar-refractivity contribution in [2.24, 2.45) is 0 Å². The van der Waals surface area contributed by atoms with Crippen molar-refractivity contribution in [3.8, 4) is 0 Å². The molecule has 1 rings (SSSR count). The molecule has 5 nitrogen and oxygen atoms in total. The quantitative estimate of drug-likeness (QED) is 0.748. The Kier molecular flexibility index (Phi) is 5.34. The van der Waals surface area contributed by atoms with Crippen LogP contribution in [0.25, 0.3) is 0 Å². The third-order valence-corrected chi connectivity index (χ3v) is 5.74. The topological polar surface area (TPSA) is 77.5 Å². The molecule has 0 amide bonds. The van der Waals surface area contributed by atoms with E-state index in [4.69, 9.17) is 4.18 Å². The van der Waals surface area contributed by atoms with Crippen LogP contribution in [0.1, 0.15) is 25.8 Å². The molecule has 0 saturated heterocycles. The summed E-state index contributed by atoms with van der Waals surface area (Å²) in [5.74, 6) is 0. The van der Waals surface area contributed by atoms with Gasteiger partial charge >= 0.3 is 0 Å². The summed E-state index contributed by atoms with van der Waals surface area (Å²) >= 11 is 0. The van der Waals surface area contributed by atoms with Crippen molar-refractivity contribution >= 4 is 20.0 Å². The maximum Gasteiger partial charge on any atom is 0.264 e. The lowest BCUT2D eigenvalue weighted by Crippen LogP contribution is -2.25. The molecule has 0 N–H and O–H groups in total. The highest BCUT2D eigenvalue weighted by Gasteiger charge is 2.26. The molecule has 1 aromatic rings. The van der Waals surface area contributed by atoms with Crippen molar-refractivity contribution in [3.63, 3.8) is 0 Å². The van der Waals surface area contributed by atoms with Crippen molar-refractivity contribution in [3.05, 3.63) is 29.8 Å². The van der Waals surface area contributed by atoms with E-state index in [0.29, 0.717) is 0 Å². The normalized spacial score (nSPS) is 15.8. The molecule has 2 atom stereocenters. The van der Waals surface area contributed by atoms with E-state index in [9.17, 15) is 16.8 Å². The average Bonchev–Trinajstić information content (AvgIpc) is 2.26. The van der Waals surface area contributed by atoms with Crippen LogP contribution in [0, 0.1) is 6.92 Å². The van der Waals surface area contributed by atoms with Gasteiger partial charge in [-0.2, -0.15) is 8.42 Å². The summed E-state index contributed by atoms with van der Waals surface area (Å²) in [6, 6.07) is 6.58. The van der Waals surface area contributed by atoms with Crippen LogP contribution in [0.3, 0.4) is 0 Å². The standard InChI is InChI=1S/C13H20O5S2/c1-10-5-7-13(8-6-10)20(16,17)12(3)9-11(2)18-19(4,14)15/h5-8,11-12H,9H2,1-4H3. The first kappa shape index (κ1) is 17.1. The predicted octanol–water partition coefficient (Wildman–Crippen LogP) is 1.91. The first-order valence-corrected chi connectivity index (χ1v) is 9.57. The Morgan fingerprint density at radius 3 is 2.00 bits per heavy atom. The zero-order valence-corrected chi connectivity index (χ0v) is 13.7. The number of hydrogen-bond acceptors (Lipinski definition) is 5. The maximum atomic E-state index is 12.3. The van der Waals surface area contributed by atoms with E-state index in [1.165, 1.54) is 0 Å². The predicted molar refractivity (Wildman–Crippen MR) is 77.8 cm³/mol. The first-order valence-electron chi connectivity index (χ1n) is 6.21. The van der Waals surface area contributed by atoms with Crippen LogP contribution in [-0.2, 0) is 24.1 Å². The minimum atomic E-state index is -3.58. The molecule has 20 heavy (non-hydrogen) atoms. The lowest BCUT2D eigenvalue weighted by molar-refractivity contribution is 0.220. The summed E-state index contributed by atoms with van der Waals surface area (Å²) < 4.78 is 51.5. The Balaban J connectivity index is 2.85. The minimum Gasteiger partial charge on any atom is -0.267 e. The van der Waals surface area contributed by atoms with E-state index in [0.717, 1.165) is 11.8 Å². The number of rotatable bonds is 6. The molecule has 0 aliphatic carbocycles. The first-order chi connectivity index (χ1) is 9.02. The summed E-state index contributed by atoms with van der Waals surface area (Å²) in [4.78, 5) is 0.238. The number of benzene rings is 1. The van der Waals surface area contributed by atoms with Crippen LogP contribution >= 0.6 is 0 Å². The molecular weight excluding hydrogens is 300 g/mol. The van der Waals surface area contributed by atoms with Crippen molar-refractivity contribution in [1.29, 1.82) is 0 Å². The Bertz CT molecular complexity index is 645. The second-order valence-electron chi connectivity index (χ2n) is 5.02. The molecule has 114 valence electrons. The van der Waals surface area contributed by atoms with Gasteiger partial charge < -0.3 is 0 Å². The maximum absolute atomic E-state index is 12.3. The Labute approximate surface area is 121 Å². The van der Waals surface area contributed by atoms with E-state index in [1.807, 2.05) is 6.92 Å². The summed E-state index contributed by atoms with van der Waals surface area (Å²) in [5, 5.41) is -0.720. The second kappa shape index (κ2) is 6.24. The van der Waals surface area contributed by atoms with Gasteiger partial charge in [0, 0.05) is 0 Å². The number of hydrogen-bond donors (Lipinski definition) is 0. The molecular formula is C13H20O5S2. The molecule has 0 bridgehead atoms. The SMILES string of the molecule is Cc1ccc(S(=O)(=O)C(C)CC(C)OS(C)(=O)=O)cc1. The number of sulfone groups is 1. The van der Waals surface area contributed by atoms with E-state index in [1.54, 1.807) is 38.1 Å². The van der Waals surface area contributed by atoms with Crippen molar-refractivity contribution in [1.82, 2.24) is 0 Å². The zero-order valence-electron chi connectivity index (χ0n) is 12.0. The third kappa shape index (κ3) is 4.88. The van der Waals surface area contributed by atoms with Gasteiger partial charge in [-0.05, 0) is 39.3 Å². The summed E-state index contributed by atoms with van der Waals surface area (Å²) in [7, 11) is -7.06. The van der Waals surface area contributed by atoms with Gasteiger partial charge in [0.1, 0.15) is 0 Å². The monoisotopic (exact) mass is 320 g/mol. The van der Waals surface area contributed by atoms with Gasteiger partial charge in [-0.15, -0.1) is 0 Å². The molecule has 0 heterocycles. The Morgan fingerprint density at radius 2 is 1.55 bits per heavy atom. The lowest BCUT2D eigenvalue weighted by atomic mass is 10.2. The van der Waals surface area contributed by atoms with Gasteiger partial charge in [-0.1, -0.05) is 17.7 Å². The Hall–Kier alpha value is -0.920. The summed E-state index contributed by atoms with van der Waals surface area (Å²) in [5.41, 5.74) is 0.977. The van der Waals surface area contributed by atoms with E-state index in [-0.39, 0.29) is 11.3 Å². The van der Waals surface area contributed by atoms with Gasteiger partial charge in [0.05, 0.1) is 22.5 Å². The molecule has 0 fully saturated rings. The molecule has 0 spiro atoms. The van der Waals surface area contributed by atoms with Crippen LogP contribution in [-0.4, -0.2) is 34.4 Å². The highest BCUT2D eigenvalue weighted by Crippen LogP contribution is 2.21. The fraction of sp³-hybridized carbons (Fsp3) is 0.538. The molecule has 0 radical (unpaired) electrons. The molecule has 1 aromatic carbocycles. The highest BCUT2D eigenvalue weighted by molar-refractivity contribution is 7.92. The molecule has 0 saturated carbocycles. The molecule has 0 aliphatic heterocycles. The van der Waals surface area contributed by atoms with Crippen LogP contribution < -0.4 is 0 Å². The fourth-order valence-electron chi connectivity index (χ4n) is 1.89. The van der Waals surface area contributed by atoms with E-state index >= 15 is 0 Å². The fourth-order valence-corrected chi connectivity index (χ4v) is 4.07. The summed E-state index contributed by atoms with van der Waals surface area (Å²) in [6.45, 7) is 4.97. The summed E-state index contributed by atoms with van der Waals surface area (Å²) in [6.07, 6.45) is 0.381. The van der Waals surface area contributed by atoms with Crippen LogP contribution in [0.4, 0.5) is 0 Å². The smallest absolute Gasteiger partial charge is 0.264 e. The minimum absolute atomic E-state index is 0.114. The lowest BCUT2D eigenvalue weighted by Gasteiger charge is -2.17.